The lowest BCUT2D eigenvalue weighted by molar-refractivity contribution is -0.149. The van der Waals surface area contributed by atoms with Gasteiger partial charge in [-0.2, -0.15) is 4.31 Å². The molecule has 5 aromatic rings. The number of rotatable bonds is 11. The standard InChI is InChI=1S/C42H47ClN6O4S/c1-28(2)24-39(47(4)54(51,52)35-12-7-30(8-13-35)27-49-29(3)46-37-26-44-19-15-38(37)49)42(50)53-23-22-48-20-16-31(17-21-48)40-36-14-11-34(43)25-33(36)10-9-32-6-5-18-45-41(32)40/h5-8,11-15,18-19,25-26,28,39H,9-10,16-17,20-24,27H2,1-4H3/t39-/m0/s1. The van der Waals surface area contributed by atoms with Gasteiger partial charge in [-0.05, 0) is 104 Å². The fraction of sp³-hybridized carbons (Fsp3) is 0.381. The van der Waals surface area contributed by atoms with Gasteiger partial charge in [0.05, 0.1) is 22.3 Å². The highest BCUT2D eigenvalue weighted by atomic mass is 35.5. The van der Waals surface area contributed by atoms with Crippen molar-refractivity contribution in [1.82, 2.24) is 28.7 Å². The van der Waals surface area contributed by atoms with Crippen LogP contribution in [0.15, 0.2) is 89.7 Å². The first-order chi connectivity index (χ1) is 26.0. The molecule has 0 saturated carbocycles. The van der Waals surface area contributed by atoms with Gasteiger partial charge >= 0.3 is 5.97 Å². The summed E-state index contributed by atoms with van der Waals surface area (Å²) in [6.07, 6.45) is 9.30. The van der Waals surface area contributed by atoms with Crippen molar-refractivity contribution in [3.05, 3.63) is 124 Å². The van der Waals surface area contributed by atoms with Crippen molar-refractivity contribution in [3.63, 3.8) is 0 Å². The molecule has 0 amide bonds. The molecule has 1 aliphatic heterocycles. The summed E-state index contributed by atoms with van der Waals surface area (Å²) >= 11 is 6.41. The molecule has 1 saturated heterocycles. The van der Waals surface area contributed by atoms with E-state index in [4.69, 9.17) is 21.3 Å². The summed E-state index contributed by atoms with van der Waals surface area (Å²) in [5.74, 6) is 0.395. The second-order valence-corrected chi connectivity index (χ2v) is 17.2. The SMILES string of the molecule is Cc1nc2cnccc2n1Cc1ccc(S(=O)(=O)N(C)[C@@H](CC(C)C)C(=O)OCCN2CCC(=C3c4ccc(Cl)cc4CCc4cccnc43)CC2)cc1. The first-order valence-corrected chi connectivity index (χ1v) is 20.5. The molecule has 7 rings (SSSR count). The maximum Gasteiger partial charge on any atom is 0.324 e. The Morgan fingerprint density at radius 1 is 0.981 bits per heavy atom. The van der Waals surface area contributed by atoms with Gasteiger partial charge in [0.2, 0.25) is 10.0 Å². The number of ether oxygens (including phenoxy) is 1. The Balaban J connectivity index is 0.984. The summed E-state index contributed by atoms with van der Waals surface area (Å²) in [7, 11) is -2.51. The molecule has 2 aliphatic rings. The molecule has 0 spiro atoms. The number of nitrogens with zero attached hydrogens (tertiary/aromatic N) is 6. The smallest absolute Gasteiger partial charge is 0.324 e. The van der Waals surface area contributed by atoms with E-state index < -0.39 is 22.0 Å². The molecular weight excluding hydrogens is 720 g/mol. The molecular formula is C42H47ClN6O4S. The van der Waals surface area contributed by atoms with Crippen molar-refractivity contribution in [1.29, 1.82) is 0 Å². The predicted octanol–water partition coefficient (Wildman–Crippen LogP) is 7.11. The summed E-state index contributed by atoms with van der Waals surface area (Å²) < 4.78 is 36.8. The fourth-order valence-electron chi connectivity index (χ4n) is 7.73. The monoisotopic (exact) mass is 766 g/mol. The summed E-state index contributed by atoms with van der Waals surface area (Å²) in [6.45, 7) is 8.84. The highest BCUT2D eigenvalue weighted by Gasteiger charge is 2.35. The van der Waals surface area contributed by atoms with E-state index in [0.29, 0.717) is 19.5 Å². The Morgan fingerprint density at radius 2 is 1.74 bits per heavy atom. The molecule has 2 aromatic carbocycles. The number of aromatic nitrogens is 4. The van der Waals surface area contributed by atoms with Crippen LogP contribution in [0.1, 0.15) is 66.9 Å². The number of hydrogen-bond acceptors (Lipinski definition) is 8. The number of piperidine rings is 1. The van der Waals surface area contributed by atoms with Gasteiger partial charge in [0, 0.05) is 56.2 Å². The molecule has 10 nitrogen and oxygen atoms in total. The third-order valence-corrected chi connectivity index (χ3v) is 12.8. The number of esters is 1. The molecule has 4 heterocycles. The number of likely N-dealkylation sites (tertiary alicyclic amines) is 1. The zero-order valence-electron chi connectivity index (χ0n) is 31.3. The Labute approximate surface area is 322 Å². The topological polar surface area (TPSA) is 111 Å². The third kappa shape index (κ3) is 8.00. The fourth-order valence-corrected chi connectivity index (χ4v) is 9.24. The van der Waals surface area contributed by atoms with E-state index in [1.54, 1.807) is 24.5 Å². The van der Waals surface area contributed by atoms with Crippen LogP contribution in [0.4, 0.5) is 0 Å². The van der Waals surface area contributed by atoms with E-state index in [1.165, 1.54) is 39.2 Å². The van der Waals surface area contributed by atoms with Gasteiger partial charge in [-0.15, -0.1) is 0 Å². The van der Waals surface area contributed by atoms with E-state index in [1.807, 2.05) is 57.3 Å². The summed E-state index contributed by atoms with van der Waals surface area (Å²) in [5.41, 5.74) is 10.1. The minimum absolute atomic E-state index is 0.0735. The molecule has 0 radical (unpaired) electrons. The van der Waals surface area contributed by atoms with Crippen molar-refractivity contribution >= 4 is 44.2 Å². The molecule has 0 N–H and O–H groups in total. The van der Waals surface area contributed by atoms with Crippen LogP contribution in [0.2, 0.25) is 5.02 Å². The number of aryl methyl sites for hydroxylation is 3. The zero-order chi connectivity index (χ0) is 38.0. The van der Waals surface area contributed by atoms with E-state index in [-0.39, 0.29) is 17.4 Å². The Hall–Kier alpha value is -4.42. The minimum Gasteiger partial charge on any atom is -0.463 e. The number of sulfonamides is 1. The predicted molar refractivity (Wildman–Crippen MR) is 212 cm³/mol. The van der Waals surface area contributed by atoms with Crippen molar-refractivity contribution < 1.29 is 17.9 Å². The van der Waals surface area contributed by atoms with Crippen molar-refractivity contribution in [2.75, 3.05) is 33.3 Å². The van der Waals surface area contributed by atoms with Gasteiger partial charge in [-0.3, -0.25) is 19.7 Å². The van der Waals surface area contributed by atoms with Gasteiger partial charge in [0.15, 0.2) is 0 Å². The van der Waals surface area contributed by atoms with Crippen molar-refractivity contribution in [2.24, 2.45) is 5.92 Å². The first-order valence-electron chi connectivity index (χ1n) is 18.7. The summed E-state index contributed by atoms with van der Waals surface area (Å²) in [4.78, 5) is 29.6. The Bertz CT molecular complexity index is 2290. The lowest BCUT2D eigenvalue weighted by Crippen LogP contribution is -2.44. The second kappa shape index (κ2) is 16.1. The number of imidazole rings is 1. The number of hydrogen-bond donors (Lipinski definition) is 0. The van der Waals surface area contributed by atoms with Crippen molar-refractivity contribution in [2.45, 2.75) is 70.4 Å². The number of likely N-dealkylation sites (N-methyl/N-ethyl adjacent to an activating group) is 1. The zero-order valence-corrected chi connectivity index (χ0v) is 32.9. The van der Waals surface area contributed by atoms with E-state index >= 15 is 0 Å². The molecule has 3 aromatic heterocycles. The quantitative estimate of drug-likeness (QED) is 0.131. The van der Waals surface area contributed by atoms with Gasteiger partial charge in [0.1, 0.15) is 24.0 Å². The summed E-state index contributed by atoms with van der Waals surface area (Å²) in [5, 5.41) is 0.749. The van der Waals surface area contributed by atoms with E-state index in [2.05, 4.69) is 37.6 Å². The van der Waals surface area contributed by atoms with Crippen LogP contribution in [0.25, 0.3) is 16.6 Å². The average Bonchev–Trinajstić information content (AvgIpc) is 3.38. The molecule has 1 atom stereocenters. The molecule has 12 heteroatoms. The van der Waals surface area contributed by atoms with Gasteiger partial charge in [-0.25, -0.2) is 13.4 Å². The van der Waals surface area contributed by atoms with Crippen LogP contribution in [-0.2, 0) is 38.9 Å². The van der Waals surface area contributed by atoms with Gasteiger partial charge in [-0.1, -0.05) is 55.3 Å². The number of benzene rings is 2. The molecule has 1 fully saturated rings. The maximum atomic E-state index is 13.9. The Morgan fingerprint density at radius 3 is 2.50 bits per heavy atom. The highest BCUT2D eigenvalue weighted by molar-refractivity contribution is 7.89. The largest absolute Gasteiger partial charge is 0.463 e. The highest BCUT2D eigenvalue weighted by Crippen LogP contribution is 2.38. The van der Waals surface area contributed by atoms with Crippen LogP contribution in [0, 0.1) is 12.8 Å². The minimum atomic E-state index is -3.98. The van der Waals surface area contributed by atoms with Gasteiger partial charge in [0.25, 0.3) is 0 Å². The van der Waals surface area contributed by atoms with Crippen LogP contribution >= 0.6 is 11.6 Å². The molecule has 0 unspecified atom stereocenters. The lowest BCUT2D eigenvalue weighted by atomic mass is 9.88. The normalized spacial score (nSPS) is 15.7. The number of fused-ring (bicyclic) bond motifs is 3. The van der Waals surface area contributed by atoms with Crippen LogP contribution in [0.3, 0.4) is 0 Å². The molecule has 54 heavy (non-hydrogen) atoms. The number of halogens is 1. The Kier molecular flexibility index (Phi) is 11.3. The third-order valence-electron chi connectivity index (χ3n) is 10.7. The van der Waals surface area contributed by atoms with Gasteiger partial charge < -0.3 is 9.30 Å². The maximum absolute atomic E-state index is 13.9. The number of carbonyl (C=O) groups is 1. The van der Waals surface area contributed by atoms with Crippen LogP contribution in [-0.4, -0.2) is 82.4 Å². The van der Waals surface area contributed by atoms with Crippen LogP contribution < -0.4 is 0 Å². The van der Waals surface area contributed by atoms with Crippen LogP contribution in [0.5, 0.6) is 0 Å². The lowest BCUT2D eigenvalue weighted by Gasteiger charge is -2.31. The van der Waals surface area contributed by atoms with E-state index in [9.17, 15) is 13.2 Å². The molecule has 0 bridgehead atoms. The summed E-state index contributed by atoms with van der Waals surface area (Å²) in [6, 6.07) is 18.2. The molecule has 1 aliphatic carbocycles. The molecule has 282 valence electrons. The van der Waals surface area contributed by atoms with E-state index in [0.717, 1.165) is 71.9 Å². The number of pyridine rings is 2. The first kappa shape index (κ1) is 37.9. The average molecular weight is 767 g/mol. The number of carbonyl (C=O) groups excluding carboxylic acids is 1. The van der Waals surface area contributed by atoms with Crippen molar-refractivity contribution in [3.8, 4) is 0 Å². The second-order valence-electron chi connectivity index (χ2n) is 14.7.